The lowest BCUT2D eigenvalue weighted by atomic mass is 9.45. The largest absolute Gasteiger partial charge is 0.395 e. The van der Waals surface area contributed by atoms with Crippen LogP contribution in [0.25, 0.3) is 0 Å². The van der Waals surface area contributed by atoms with Crippen molar-refractivity contribution in [1.29, 1.82) is 0 Å². The molecule has 3 heteroatoms. The van der Waals surface area contributed by atoms with Crippen molar-refractivity contribution in [3.05, 3.63) is 11.6 Å². The van der Waals surface area contributed by atoms with Crippen molar-refractivity contribution in [2.45, 2.75) is 65.4 Å². The second-order valence-electron chi connectivity index (χ2n) is 9.41. The van der Waals surface area contributed by atoms with E-state index < -0.39 is 0 Å². The van der Waals surface area contributed by atoms with Gasteiger partial charge in [0, 0.05) is 17.8 Å². The van der Waals surface area contributed by atoms with Gasteiger partial charge < -0.3 is 10.2 Å². The smallest absolute Gasteiger partial charge is 0.139 e. The zero-order valence-electron chi connectivity index (χ0n) is 15.3. The first-order valence-corrected chi connectivity index (χ1v) is 9.89. The number of carbonyl (C=O) groups is 1. The average molecular weight is 332 g/mol. The fraction of sp³-hybridized carbons (Fsp3) is 0.857. The first-order chi connectivity index (χ1) is 11.3. The number of hydrogen-bond acceptors (Lipinski definition) is 3. The van der Waals surface area contributed by atoms with Crippen LogP contribution >= 0.6 is 0 Å². The molecule has 2 N–H and O–H groups in total. The molecule has 0 aromatic rings. The number of aliphatic hydroxyl groups is 2. The summed E-state index contributed by atoms with van der Waals surface area (Å²) in [5.74, 6) is 2.31. The molecular formula is C21H32O3. The Labute approximate surface area is 145 Å². The fourth-order valence-electron chi connectivity index (χ4n) is 7.25. The lowest BCUT2D eigenvalue weighted by Crippen LogP contribution is -2.56. The number of aliphatic hydroxyl groups excluding tert-OH is 2. The number of hydrogen-bond donors (Lipinski definition) is 2. The lowest BCUT2D eigenvalue weighted by molar-refractivity contribution is -0.131. The van der Waals surface area contributed by atoms with Crippen LogP contribution in [0, 0.1) is 40.4 Å². The molecule has 4 aliphatic carbocycles. The molecule has 0 bridgehead atoms. The Morgan fingerprint density at radius 3 is 2.62 bits per heavy atom. The molecule has 0 heterocycles. The van der Waals surface area contributed by atoms with Gasteiger partial charge in [0.05, 0.1) is 12.7 Å². The topological polar surface area (TPSA) is 57.5 Å². The minimum Gasteiger partial charge on any atom is -0.395 e. The monoisotopic (exact) mass is 332 g/mol. The van der Waals surface area contributed by atoms with Gasteiger partial charge in [0.2, 0.25) is 0 Å². The summed E-state index contributed by atoms with van der Waals surface area (Å²) in [6.45, 7) is 6.80. The summed E-state index contributed by atoms with van der Waals surface area (Å²) in [6, 6.07) is 0. The number of rotatable bonds is 1. The minimum absolute atomic E-state index is 0.0308. The SMILES string of the molecule is CC1C(=O)CC[C@@]2(CO)C1=CC(C)[C@@H]1[C@H]2CC[C@]2(C)C(O)CC[C@@H]12. The first-order valence-electron chi connectivity index (χ1n) is 9.89. The van der Waals surface area contributed by atoms with Crippen LogP contribution in [0.5, 0.6) is 0 Å². The summed E-state index contributed by atoms with van der Waals surface area (Å²) in [7, 11) is 0. The number of allylic oxidation sites excluding steroid dienone is 1. The Morgan fingerprint density at radius 1 is 1.17 bits per heavy atom. The van der Waals surface area contributed by atoms with Gasteiger partial charge in [-0.2, -0.15) is 0 Å². The van der Waals surface area contributed by atoms with Crippen LogP contribution in [0.4, 0.5) is 0 Å². The highest BCUT2D eigenvalue weighted by atomic mass is 16.3. The Bertz CT molecular complexity index is 582. The fourth-order valence-corrected chi connectivity index (χ4v) is 7.25. The summed E-state index contributed by atoms with van der Waals surface area (Å²) in [6.07, 6.45) is 7.78. The van der Waals surface area contributed by atoms with Crippen molar-refractivity contribution < 1.29 is 15.0 Å². The zero-order valence-corrected chi connectivity index (χ0v) is 15.3. The van der Waals surface area contributed by atoms with E-state index in [4.69, 9.17) is 0 Å². The Hall–Kier alpha value is -0.670. The van der Waals surface area contributed by atoms with Crippen molar-refractivity contribution in [3.63, 3.8) is 0 Å². The molecule has 4 rings (SSSR count). The van der Waals surface area contributed by atoms with E-state index >= 15 is 0 Å². The highest BCUT2D eigenvalue weighted by molar-refractivity contribution is 5.85. The van der Waals surface area contributed by atoms with Gasteiger partial charge in [-0.3, -0.25) is 4.79 Å². The van der Waals surface area contributed by atoms with Crippen LogP contribution in [-0.2, 0) is 4.79 Å². The molecular weight excluding hydrogens is 300 g/mol. The van der Waals surface area contributed by atoms with E-state index in [1.807, 2.05) is 6.92 Å². The molecule has 24 heavy (non-hydrogen) atoms. The van der Waals surface area contributed by atoms with Crippen molar-refractivity contribution in [1.82, 2.24) is 0 Å². The van der Waals surface area contributed by atoms with Gasteiger partial charge in [0.1, 0.15) is 5.78 Å². The quantitative estimate of drug-likeness (QED) is 0.724. The van der Waals surface area contributed by atoms with Crippen molar-refractivity contribution in [3.8, 4) is 0 Å². The van der Waals surface area contributed by atoms with Crippen LogP contribution in [0.2, 0.25) is 0 Å². The maximum Gasteiger partial charge on any atom is 0.139 e. The Kier molecular flexibility index (Phi) is 3.78. The molecule has 3 fully saturated rings. The number of fused-ring (bicyclic) bond motifs is 5. The molecule has 3 nitrogen and oxygen atoms in total. The second kappa shape index (κ2) is 5.41. The molecule has 0 aromatic carbocycles. The normalized spacial score (nSPS) is 53.9. The minimum atomic E-state index is -0.181. The molecule has 3 saturated carbocycles. The van der Waals surface area contributed by atoms with E-state index in [1.54, 1.807) is 0 Å². The van der Waals surface area contributed by atoms with E-state index in [1.165, 1.54) is 5.57 Å². The predicted octanol–water partition coefficient (Wildman–Crippen LogP) is 3.34. The van der Waals surface area contributed by atoms with E-state index in [0.29, 0.717) is 35.9 Å². The van der Waals surface area contributed by atoms with Crippen LogP contribution in [0.3, 0.4) is 0 Å². The van der Waals surface area contributed by atoms with E-state index in [-0.39, 0.29) is 29.5 Å². The van der Waals surface area contributed by atoms with Gasteiger partial charge in [-0.05, 0) is 61.2 Å². The van der Waals surface area contributed by atoms with Crippen LogP contribution in [0.1, 0.15) is 59.3 Å². The zero-order chi connectivity index (χ0) is 17.3. The second-order valence-corrected chi connectivity index (χ2v) is 9.41. The van der Waals surface area contributed by atoms with Crippen molar-refractivity contribution in [2.75, 3.05) is 6.61 Å². The third-order valence-electron chi connectivity index (χ3n) is 8.67. The van der Waals surface area contributed by atoms with E-state index in [0.717, 1.165) is 32.1 Å². The Balaban J connectivity index is 1.79. The van der Waals surface area contributed by atoms with E-state index in [2.05, 4.69) is 19.9 Å². The third-order valence-corrected chi connectivity index (χ3v) is 8.67. The van der Waals surface area contributed by atoms with Gasteiger partial charge in [-0.25, -0.2) is 0 Å². The van der Waals surface area contributed by atoms with Gasteiger partial charge in [-0.1, -0.05) is 32.4 Å². The number of ketones is 1. The highest BCUT2D eigenvalue weighted by Gasteiger charge is 2.61. The summed E-state index contributed by atoms with van der Waals surface area (Å²) >= 11 is 0. The summed E-state index contributed by atoms with van der Waals surface area (Å²) in [5.41, 5.74) is 1.10. The summed E-state index contributed by atoms with van der Waals surface area (Å²) < 4.78 is 0. The molecule has 0 saturated heterocycles. The van der Waals surface area contributed by atoms with Crippen molar-refractivity contribution in [2.24, 2.45) is 40.4 Å². The van der Waals surface area contributed by atoms with Crippen LogP contribution in [0.15, 0.2) is 11.6 Å². The van der Waals surface area contributed by atoms with Crippen LogP contribution < -0.4 is 0 Å². The predicted molar refractivity (Wildman–Crippen MR) is 93.2 cm³/mol. The van der Waals surface area contributed by atoms with Gasteiger partial charge in [0.25, 0.3) is 0 Å². The summed E-state index contributed by atoms with van der Waals surface area (Å²) in [4.78, 5) is 12.3. The van der Waals surface area contributed by atoms with Crippen LogP contribution in [-0.4, -0.2) is 28.7 Å². The molecule has 134 valence electrons. The lowest BCUT2D eigenvalue weighted by Gasteiger charge is -2.60. The van der Waals surface area contributed by atoms with Crippen molar-refractivity contribution >= 4 is 5.78 Å². The molecule has 8 atom stereocenters. The first kappa shape index (κ1) is 16.8. The molecule has 0 aliphatic heterocycles. The molecule has 0 amide bonds. The van der Waals surface area contributed by atoms with Gasteiger partial charge in [-0.15, -0.1) is 0 Å². The standard InChI is InChI=1S/C21H32O3/c1-12-10-16-13(2)17(23)7-9-21(16,11-22)15-6-8-20(3)14(19(12)15)4-5-18(20)24/h10,12-15,18-19,22,24H,4-9,11H2,1-3H3/t12?,13?,14-,15+,18?,19-,20-,21-/m0/s1. The molecule has 0 spiro atoms. The molecule has 0 radical (unpaired) electrons. The molecule has 4 aliphatic rings. The summed E-state index contributed by atoms with van der Waals surface area (Å²) in [5, 5.41) is 21.0. The number of Topliss-reactive ketones (excluding diaryl/α,β-unsaturated/α-hetero) is 1. The highest BCUT2D eigenvalue weighted by Crippen LogP contribution is 2.66. The average Bonchev–Trinajstić information content (AvgIpc) is 2.87. The molecule has 3 unspecified atom stereocenters. The van der Waals surface area contributed by atoms with E-state index in [9.17, 15) is 15.0 Å². The third kappa shape index (κ3) is 1.94. The maximum absolute atomic E-state index is 12.3. The Morgan fingerprint density at radius 2 is 1.92 bits per heavy atom. The maximum atomic E-state index is 12.3. The van der Waals surface area contributed by atoms with Gasteiger partial charge in [0.15, 0.2) is 0 Å². The molecule has 0 aromatic heterocycles. The number of carbonyl (C=O) groups excluding carboxylic acids is 1. The van der Waals surface area contributed by atoms with Gasteiger partial charge >= 0.3 is 0 Å².